The molecule has 0 amide bonds. The zero-order chi connectivity index (χ0) is 26.1. The second-order valence-electron chi connectivity index (χ2n) is 13.4. The van der Waals surface area contributed by atoms with Crippen molar-refractivity contribution in [1.82, 2.24) is 0 Å². The zero-order valence-corrected chi connectivity index (χ0v) is 28.3. The summed E-state index contributed by atoms with van der Waals surface area (Å²) in [6, 6.07) is 18.1. The molecule has 0 heterocycles. The molecule has 7 aliphatic carbocycles. The Bertz CT molecular complexity index is 1150. The van der Waals surface area contributed by atoms with Gasteiger partial charge in [0.25, 0.3) is 0 Å². The first-order valence-electron chi connectivity index (χ1n) is 15.4. The minimum absolute atomic E-state index is 0. The van der Waals surface area contributed by atoms with E-state index in [4.69, 9.17) is 0 Å². The fraction of sp³-hybridized carbons (Fsp3) is 0.541. The van der Waals surface area contributed by atoms with Crippen molar-refractivity contribution in [2.75, 3.05) is 0 Å². The molecule has 0 saturated heterocycles. The second-order valence-corrected chi connectivity index (χ2v) is 15.1. The first-order chi connectivity index (χ1) is 18.5. The quantitative estimate of drug-likeness (QED) is 0.372. The van der Waals surface area contributed by atoms with E-state index in [1.807, 2.05) is 6.07 Å². The van der Waals surface area contributed by atoms with Crippen molar-refractivity contribution in [3.05, 3.63) is 83.0 Å². The summed E-state index contributed by atoms with van der Waals surface area (Å²) in [4.78, 5) is 0. The van der Waals surface area contributed by atoms with Crippen LogP contribution >= 0.6 is 0 Å². The van der Waals surface area contributed by atoms with Crippen molar-refractivity contribution in [2.24, 2.45) is 29.1 Å². The van der Waals surface area contributed by atoms with Crippen molar-refractivity contribution >= 4 is 3.21 Å². The molecule has 0 nitrogen and oxygen atoms in total. The van der Waals surface area contributed by atoms with Gasteiger partial charge in [0.2, 0.25) is 0 Å². The van der Waals surface area contributed by atoms with Gasteiger partial charge in [0.05, 0.1) is 0 Å². The van der Waals surface area contributed by atoms with E-state index in [1.165, 1.54) is 66.4 Å². The SMILES string of the molecule is CC1=[C-]C(C)C=C1CC12CC3CC(CC(C3)C1)C2.[Cl-].[Cl-].[Zr+2]=[C]1CCCCC1.[c-]1cccc2c1Cc1ccccc1-2. The molecular weight excluding hydrogens is 607 g/mol. The monoisotopic (exact) mass is 648 g/mol. The maximum absolute atomic E-state index is 3.57. The van der Waals surface area contributed by atoms with Gasteiger partial charge in [-0.25, -0.2) is 5.57 Å². The molecule has 9 rings (SSSR count). The molecule has 2 aromatic rings. The molecule has 0 N–H and O–H groups in total. The van der Waals surface area contributed by atoms with Crippen molar-refractivity contribution in [3.63, 3.8) is 0 Å². The van der Waals surface area contributed by atoms with Gasteiger partial charge in [-0.15, -0.1) is 5.56 Å². The summed E-state index contributed by atoms with van der Waals surface area (Å²) in [7, 11) is 0. The topological polar surface area (TPSA) is 0 Å². The molecule has 0 aliphatic heterocycles. The molecule has 212 valence electrons. The summed E-state index contributed by atoms with van der Waals surface area (Å²) in [5, 5.41) is 0. The summed E-state index contributed by atoms with van der Waals surface area (Å²) >= 11 is 1.69. The Kier molecular flexibility index (Phi) is 11.4. The summed E-state index contributed by atoms with van der Waals surface area (Å²) in [5.41, 5.74) is 9.31. The van der Waals surface area contributed by atoms with Crippen LogP contribution in [-0.4, -0.2) is 3.21 Å². The predicted octanol–water partition coefficient (Wildman–Crippen LogP) is 3.65. The first-order valence-corrected chi connectivity index (χ1v) is 16.6. The van der Waals surface area contributed by atoms with Crippen LogP contribution in [0.3, 0.4) is 0 Å². The van der Waals surface area contributed by atoms with Crippen LogP contribution in [0.4, 0.5) is 0 Å². The van der Waals surface area contributed by atoms with Gasteiger partial charge in [-0.2, -0.15) is 41.5 Å². The molecule has 1 atom stereocenters. The van der Waals surface area contributed by atoms with Crippen molar-refractivity contribution in [3.8, 4) is 11.1 Å². The van der Waals surface area contributed by atoms with Gasteiger partial charge in [-0.3, -0.25) is 6.08 Å². The number of rotatable bonds is 2. The van der Waals surface area contributed by atoms with Crippen LogP contribution in [0, 0.1) is 41.2 Å². The first kappa shape index (κ1) is 32.2. The number of fused-ring (bicyclic) bond motifs is 3. The van der Waals surface area contributed by atoms with Gasteiger partial charge < -0.3 is 24.8 Å². The van der Waals surface area contributed by atoms with E-state index in [-0.39, 0.29) is 24.8 Å². The fourth-order valence-corrected chi connectivity index (χ4v) is 9.85. The number of hydrogen-bond acceptors (Lipinski definition) is 0. The van der Waals surface area contributed by atoms with E-state index < -0.39 is 0 Å². The number of halogens is 2. The molecule has 0 aromatic heterocycles. The number of benzene rings is 2. The third-order valence-corrected chi connectivity index (χ3v) is 11.4. The number of hydrogen-bond donors (Lipinski definition) is 0. The molecular formula is C37H44Cl2Zr-2. The maximum atomic E-state index is 3.57. The molecule has 1 unspecified atom stereocenters. The predicted molar refractivity (Wildman–Crippen MR) is 157 cm³/mol. The van der Waals surface area contributed by atoms with Gasteiger partial charge in [-0.1, -0.05) is 61.6 Å². The van der Waals surface area contributed by atoms with Crippen LogP contribution in [0.1, 0.15) is 102 Å². The van der Waals surface area contributed by atoms with E-state index in [0.29, 0.717) is 11.3 Å². The Hall–Kier alpha value is -0.747. The molecule has 5 saturated carbocycles. The van der Waals surface area contributed by atoms with E-state index >= 15 is 0 Å². The van der Waals surface area contributed by atoms with Gasteiger partial charge >= 0.3 is 59.5 Å². The van der Waals surface area contributed by atoms with E-state index in [2.05, 4.69) is 68.5 Å². The van der Waals surface area contributed by atoms with Crippen molar-refractivity contribution in [1.29, 1.82) is 0 Å². The normalized spacial score (nSPS) is 30.2. The van der Waals surface area contributed by atoms with E-state index in [1.54, 1.807) is 71.5 Å². The van der Waals surface area contributed by atoms with Crippen LogP contribution in [0.5, 0.6) is 0 Å². The zero-order valence-electron chi connectivity index (χ0n) is 24.4. The van der Waals surface area contributed by atoms with Crippen LogP contribution in [0.25, 0.3) is 11.1 Å². The number of allylic oxidation sites excluding steroid dienone is 4. The van der Waals surface area contributed by atoms with Crippen LogP contribution in [0.15, 0.2) is 59.7 Å². The summed E-state index contributed by atoms with van der Waals surface area (Å²) in [6.45, 7) is 4.55. The average Bonchev–Trinajstić information content (AvgIpc) is 3.42. The Morgan fingerprint density at radius 2 is 1.48 bits per heavy atom. The van der Waals surface area contributed by atoms with Crippen LogP contribution < -0.4 is 24.8 Å². The molecule has 40 heavy (non-hydrogen) atoms. The van der Waals surface area contributed by atoms with Crippen LogP contribution in [-0.2, 0) is 30.7 Å². The minimum atomic E-state index is 0. The van der Waals surface area contributed by atoms with Gasteiger partial charge in [0, 0.05) is 0 Å². The molecule has 3 heteroatoms. The van der Waals surface area contributed by atoms with Gasteiger partial charge in [-0.05, 0) is 68.1 Å². The Balaban J connectivity index is 0.000000148. The largest absolute Gasteiger partial charge is 0.179 e. The van der Waals surface area contributed by atoms with Gasteiger partial charge in [0.1, 0.15) is 0 Å². The fourth-order valence-electron chi connectivity index (χ4n) is 8.98. The minimum Gasteiger partial charge on any atom is -0.179 e. The smallest absolute Gasteiger partial charge is 0.0253 e. The summed E-state index contributed by atoms with van der Waals surface area (Å²) < 4.78 is 1.80. The Morgan fingerprint density at radius 3 is 2.05 bits per heavy atom. The Morgan fingerprint density at radius 1 is 0.850 bits per heavy atom. The van der Waals surface area contributed by atoms with Gasteiger partial charge in [0.15, 0.2) is 0 Å². The molecule has 4 bridgehead atoms. The molecule has 7 aliphatic rings. The van der Waals surface area contributed by atoms with Crippen molar-refractivity contribution in [2.45, 2.75) is 97.3 Å². The van der Waals surface area contributed by atoms with E-state index in [9.17, 15) is 0 Å². The maximum Gasteiger partial charge on any atom is -0.0253 e. The molecule has 5 fully saturated rings. The third kappa shape index (κ3) is 7.42. The molecule has 0 radical (unpaired) electrons. The average molecular weight is 651 g/mol. The Labute approximate surface area is 271 Å². The second kappa shape index (κ2) is 14.1. The summed E-state index contributed by atoms with van der Waals surface area (Å²) in [5.74, 6) is 3.82. The van der Waals surface area contributed by atoms with Crippen molar-refractivity contribution < 1.29 is 49.0 Å². The standard InChI is InChI=1S/C18H25.C13H9.C6H10.2ClH.Zr/c1-12-3-13(2)17(4-12)11-18-8-14-5-15(9-18)7-16(6-14)10-18;1-3-7-12-10(5-1)9-11-6-2-4-8-13(11)12;1-2-4-6-5-3-1;;;/h4,12,14-16H,5-11H2,1-2H3;1-5,7-8H,9H2;1-5H2;2*1H;/q2*-1;;;;+2/p-2. The van der Waals surface area contributed by atoms with E-state index in [0.717, 1.165) is 24.2 Å². The van der Waals surface area contributed by atoms with Crippen LogP contribution in [0.2, 0.25) is 0 Å². The third-order valence-electron chi connectivity index (χ3n) is 10.2. The molecule has 2 aromatic carbocycles. The summed E-state index contributed by atoms with van der Waals surface area (Å²) in [6.07, 6.45) is 25.1. The molecule has 0 spiro atoms.